The van der Waals surface area contributed by atoms with Crippen molar-refractivity contribution in [2.75, 3.05) is 39.3 Å². The number of guanidine groups is 1. The molecule has 1 aliphatic rings. The molecule has 0 unspecified atom stereocenters. The van der Waals surface area contributed by atoms with Gasteiger partial charge in [0.15, 0.2) is 5.96 Å². The monoisotopic (exact) mass is 371 g/mol. The molecule has 1 aromatic rings. The molecule has 0 aliphatic carbocycles. The van der Waals surface area contributed by atoms with Crippen molar-refractivity contribution < 1.29 is 12.9 Å². The lowest BCUT2D eigenvalue weighted by Gasteiger charge is -2.35. The van der Waals surface area contributed by atoms with Crippen molar-refractivity contribution in [2.24, 2.45) is 10.9 Å². The van der Waals surface area contributed by atoms with Crippen LogP contribution in [-0.2, 0) is 15.8 Å². The van der Waals surface area contributed by atoms with E-state index in [9.17, 15) is 8.42 Å². The molecule has 1 saturated heterocycles. The van der Waals surface area contributed by atoms with Gasteiger partial charge in [0.05, 0.1) is 5.69 Å². The van der Waals surface area contributed by atoms with E-state index in [1.807, 2.05) is 6.92 Å². The van der Waals surface area contributed by atoms with E-state index < -0.39 is 10.0 Å². The maximum Gasteiger partial charge on any atom is 0.220 e. The van der Waals surface area contributed by atoms with Crippen LogP contribution >= 0.6 is 0 Å². The van der Waals surface area contributed by atoms with Gasteiger partial charge in [0.1, 0.15) is 12.0 Å². The van der Waals surface area contributed by atoms with Crippen molar-refractivity contribution in [3.05, 3.63) is 18.0 Å². The standard InChI is InChI=1S/C16H29N5O3S/c1-4-17-16(18-7-5-14(2)3)20-8-10-21(11-9-20)25(22,23)13-15-6-12-24-19-15/h6,12,14H,4-5,7-11,13H2,1-3H3,(H,17,18). The fourth-order valence-corrected chi connectivity index (χ4v) is 4.05. The maximum absolute atomic E-state index is 12.5. The highest BCUT2D eigenvalue weighted by Crippen LogP contribution is 2.13. The van der Waals surface area contributed by atoms with Crippen LogP contribution in [0.2, 0.25) is 0 Å². The fourth-order valence-electron chi connectivity index (χ4n) is 2.62. The van der Waals surface area contributed by atoms with E-state index in [1.165, 1.54) is 10.6 Å². The molecule has 8 nitrogen and oxygen atoms in total. The first kappa shape index (κ1) is 19.7. The normalized spacial score (nSPS) is 17.3. The average molecular weight is 372 g/mol. The third kappa shape index (κ3) is 6.00. The van der Waals surface area contributed by atoms with E-state index in [1.54, 1.807) is 6.07 Å². The van der Waals surface area contributed by atoms with Gasteiger partial charge in [0, 0.05) is 45.3 Å². The maximum atomic E-state index is 12.5. The van der Waals surface area contributed by atoms with Crippen LogP contribution < -0.4 is 5.32 Å². The summed E-state index contributed by atoms with van der Waals surface area (Å²) < 4.78 is 31.2. The zero-order valence-electron chi connectivity index (χ0n) is 15.3. The Hall–Kier alpha value is -1.61. The Balaban J connectivity index is 1.92. The number of hydrogen-bond acceptors (Lipinski definition) is 5. The molecule has 9 heteroatoms. The summed E-state index contributed by atoms with van der Waals surface area (Å²) >= 11 is 0. The third-order valence-corrected chi connectivity index (χ3v) is 5.87. The summed E-state index contributed by atoms with van der Waals surface area (Å²) in [6.07, 6.45) is 2.43. The summed E-state index contributed by atoms with van der Waals surface area (Å²) in [5, 5.41) is 6.99. The van der Waals surface area contributed by atoms with Gasteiger partial charge in [-0.25, -0.2) is 8.42 Å². The number of sulfonamides is 1. The van der Waals surface area contributed by atoms with Crippen LogP contribution in [0.5, 0.6) is 0 Å². The lowest BCUT2D eigenvalue weighted by molar-refractivity contribution is 0.259. The van der Waals surface area contributed by atoms with Crippen molar-refractivity contribution in [3.63, 3.8) is 0 Å². The molecule has 1 aliphatic heterocycles. The molecular weight excluding hydrogens is 342 g/mol. The molecule has 0 saturated carbocycles. The van der Waals surface area contributed by atoms with E-state index in [2.05, 4.69) is 34.2 Å². The van der Waals surface area contributed by atoms with E-state index in [0.717, 1.165) is 25.5 Å². The minimum atomic E-state index is -3.37. The Kier molecular flexibility index (Phi) is 7.24. The van der Waals surface area contributed by atoms with Gasteiger partial charge in [0.25, 0.3) is 0 Å². The van der Waals surface area contributed by atoms with Gasteiger partial charge in [-0.1, -0.05) is 19.0 Å². The number of aliphatic imine (C=N–C) groups is 1. The van der Waals surface area contributed by atoms with Crippen molar-refractivity contribution in [1.82, 2.24) is 19.7 Å². The second kappa shape index (κ2) is 9.19. The Bertz CT molecular complexity index is 635. The molecule has 0 spiro atoms. The predicted octanol–water partition coefficient (Wildman–Crippen LogP) is 1.13. The molecule has 2 heterocycles. The second-order valence-corrected chi connectivity index (χ2v) is 8.52. The topological polar surface area (TPSA) is 91.0 Å². The van der Waals surface area contributed by atoms with Gasteiger partial charge in [-0.15, -0.1) is 0 Å². The SMILES string of the molecule is CCNC(=NCCC(C)C)N1CCN(S(=O)(=O)Cc2ccon2)CC1. The summed E-state index contributed by atoms with van der Waals surface area (Å²) in [6, 6.07) is 1.58. The van der Waals surface area contributed by atoms with Crippen LogP contribution in [0.25, 0.3) is 0 Å². The van der Waals surface area contributed by atoms with Gasteiger partial charge >= 0.3 is 0 Å². The fraction of sp³-hybridized carbons (Fsp3) is 0.750. The van der Waals surface area contributed by atoms with E-state index in [4.69, 9.17) is 4.52 Å². The Morgan fingerprint density at radius 2 is 2.08 bits per heavy atom. The van der Waals surface area contributed by atoms with Gasteiger partial charge in [-0.2, -0.15) is 4.31 Å². The number of nitrogens with zero attached hydrogens (tertiary/aromatic N) is 4. The molecule has 1 aromatic heterocycles. The lowest BCUT2D eigenvalue weighted by atomic mass is 10.1. The van der Waals surface area contributed by atoms with Crippen molar-refractivity contribution in [3.8, 4) is 0 Å². The molecule has 1 fully saturated rings. The van der Waals surface area contributed by atoms with Crippen LogP contribution in [-0.4, -0.2) is 68.0 Å². The first-order valence-corrected chi connectivity index (χ1v) is 10.4. The number of aromatic nitrogens is 1. The van der Waals surface area contributed by atoms with Crippen molar-refractivity contribution in [1.29, 1.82) is 0 Å². The van der Waals surface area contributed by atoms with Crippen LogP contribution in [0.1, 0.15) is 32.9 Å². The first-order chi connectivity index (χ1) is 11.9. The molecule has 0 amide bonds. The van der Waals surface area contributed by atoms with Crippen LogP contribution in [0, 0.1) is 5.92 Å². The summed E-state index contributed by atoms with van der Waals surface area (Å²) in [7, 11) is -3.37. The summed E-state index contributed by atoms with van der Waals surface area (Å²) in [4.78, 5) is 6.80. The van der Waals surface area contributed by atoms with Gasteiger partial charge in [0.2, 0.25) is 10.0 Å². The molecule has 142 valence electrons. The number of nitrogens with one attached hydrogen (secondary N) is 1. The zero-order valence-corrected chi connectivity index (χ0v) is 16.1. The molecular formula is C16H29N5O3S. The Morgan fingerprint density at radius 3 is 2.64 bits per heavy atom. The van der Waals surface area contributed by atoms with Crippen molar-refractivity contribution >= 4 is 16.0 Å². The second-order valence-electron chi connectivity index (χ2n) is 6.55. The quantitative estimate of drug-likeness (QED) is 0.571. The minimum absolute atomic E-state index is 0.119. The molecule has 0 atom stereocenters. The highest BCUT2D eigenvalue weighted by Gasteiger charge is 2.28. The average Bonchev–Trinajstić information content (AvgIpc) is 3.06. The van der Waals surface area contributed by atoms with Gasteiger partial charge < -0.3 is 14.7 Å². The third-order valence-electron chi connectivity index (χ3n) is 4.06. The Labute approximate surface area is 150 Å². The smallest absolute Gasteiger partial charge is 0.220 e. The largest absolute Gasteiger partial charge is 0.364 e. The van der Waals surface area contributed by atoms with Crippen LogP contribution in [0.15, 0.2) is 21.8 Å². The molecule has 0 radical (unpaired) electrons. The first-order valence-electron chi connectivity index (χ1n) is 8.82. The molecule has 2 rings (SSSR count). The van der Waals surface area contributed by atoms with Crippen LogP contribution in [0.4, 0.5) is 0 Å². The van der Waals surface area contributed by atoms with E-state index in [-0.39, 0.29) is 5.75 Å². The Morgan fingerprint density at radius 1 is 1.36 bits per heavy atom. The summed E-state index contributed by atoms with van der Waals surface area (Å²) in [6.45, 7) is 10.1. The lowest BCUT2D eigenvalue weighted by Crippen LogP contribution is -2.53. The number of hydrogen-bond donors (Lipinski definition) is 1. The van der Waals surface area contributed by atoms with Gasteiger partial charge in [-0.3, -0.25) is 4.99 Å². The zero-order chi connectivity index (χ0) is 18.3. The van der Waals surface area contributed by atoms with Gasteiger partial charge in [-0.05, 0) is 19.3 Å². The van der Waals surface area contributed by atoms with E-state index >= 15 is 0 Å². The molecule has 25 heavy (non-hydrogen) atoms. The van der Waals surface area contributed by atoms with Crippen molar-refractivity contribution in [2.45, 2.75) is 32.9 Å². The number of rotatable bonds is 7. The highest BCUT2D eigenvalue weighted by molar-refractivity contribution is 7.88. The van der Waals surface area contributed by atoms with Crippen LogP contribution in [0.3, 0.4) is 0 Å². The number of piperazine rings is 1. The summed E-state index contributed by atoms with van der Waals surface area (Å²) in [5.41, 5.74) is 0.436. The predicted molar refractivity (Wildman–Crippen MR) is 97.7 cm³/mol. The molecule has 1 N–H and O–H groups in total. The molecule has 0 bridgehead atoms. The highest BCUT2D eigenvalue weighted by atomic mass is 32.2. The summed E-state index contributed by atoms with van der Waals surface area (Å²) in [5.74, 6) is 1.37. The van der Waals surface area contributed by atoms with E-state index in [0.29, 0.717) is 37.8 Å². The molecule has 0 aromatic carbocycles. The minimum Gasteiger partial charge on any atom is -0.364 e.